The van der Waals surface area contributed by atoms with Gasteiger partial charge in [0.25, 0.3) is 0 Å². The van der Waals surface area contributed by atoms with E-state index in [9.17, 15) is 5.11 Å². The van der Waals surface area contributed by atoms with E-state index in [4.69, 9.17) is 0 Å². The van der Waals surface area contributed by atoms with Crippen LogP contribution in [0.5, 0.6) is 0 Å². The molecule has 1 aromatic rings. The Bertz CT molecular complexity index is 420. The lowest BCUT2D eigenvalue weighted by atomic mass is 10.0. The summed E-state index contributed by atoms with van der Waals surface area (Å²) in [7, 11) is 1.97. The third-order valence-corrected chi connectivity index (χ3v) is 3.58. The van der Waals surface area contributed by atoms with Crippen molar-refractivity contribution in [3.63, 3.8) is 0 Å². The van der Waals surface area contributed by atoms with Gasteiger partial charge in [0.1, 0.15) is 18.0 Å². The lowest BCUT2D eigenvalue weighted by molar-refractivity contribution is 0.215. The number of likely N-dealkylation sites (N-methyl/N-ethyl adjacent to an activating group) is 1. The third kappa shape index (κ3) is 3.82. The zero-order valence-electron chi connectivity index (χ0n) is 13.4. The van der Waals surface area contributed by atoms with Crippen molar-refractivity contribution in [2.24, 2.45) is 0 Å². The van der Waals surface area contributed by atoms with E-state index >= 15 is 0 Å². The van der Waals surface area contributed by atoms with E-state index in [-0.39, 0.29) is 12.1 Å². The van der Waals surface area contributed by atoms with Gasteiger partial charge in [-0.2, -0.15) is 0 Å². The van der Waals surface area contributed by atoms with Crippen molar-refractivity contribution < 1.29 is 5.11 Å². The largest absolute Gasteiger partial charge is 0.394 e. The molecule has 114 valence electrons. The molecule has 1 aromatic heterocycles. The van der Waals surface area contributed by atoms with Gasteiger partial charge in [-0.15, -0.1) is 0 Å². The average Bonchev–Trinajstić information content (AvgIpc) is 2.45. The van der Waals surface area contributed by atoms with Crippen LogP contribution in [-0.2, 0) is 6.42 Å². The zero-order valence-corrected chi connectivity index (χ0v) is 13.4. The van der Waals surface area contributed by atoms with Crippen molar-refractivity contribution in [1.29, 1.82) is 0 Å². The summed E-state index contributed by atoms with van der Waals surface area (Å²) in [5.74, 6) is 1.82. The molecule has 0 aliphatic heterocycles. The molecule has 0 aromatic carbocycles. The van der Waals surface area contributed by atoms with Crippen LogP contribution >= 0.6 is 0 Å². The monoisotopic (exact) mass is 280 g/mol. The first-order valence-electron chi connectivity index (χ1n) is 7.40. The molecule has 0 spiro atoms. The smallest absolute Gasteiger partial charge is 0.137 e. The Morgan fingerprint density at radius 1 is 1.25 bits per heavy atom. The van der Waals surface area contributed by atoms with E-state index in [0.29, 0.717) is 0 Å². The molecule has 0 amide bonds. The molecule has 0 unspecified atom stereocenters. The second kappa shape index (κ2) is 7.43. The van der Waals surface area contributed by atoms with Crippen molar-refractivity contribution in [3.8, 4) is 0 Å². The van der Waals surface area contributed by atoms with Crippen molar-refractivity contribution in [2.75, 3.05) is 30.4 Å². The first-order chi connectivity index (χ1) is 9.47. The van der Waals surface area contributed by atoms with Crippen LogP contribution in [0.25, 0.3) is 0 Å². The highest BCUT2D eigenvalue weighted by molar-refractivity contribution is 5.59. The summed E-state index contributed by atoms with van der Waals surface area (Å²) in [6.07, 6.45) is 4.61. The number of anilines is 2. The Morgan fingerprint density at radius 3 is 2.50 bits per heavy atom. The third-order valence-electron chi connectivity index (χ3n) is 3.58. The van der Waals surface area contributed by atoms with Gasteiger partial charge in [-0.25, -0.2) is 9.97 Å². The number of aliphatic hydroxyl groups is 1. The van der Waals surface area contributed by atoms with Crippen LogP contribution in [0.1, 0.15) is 46.1 Å². The topological polar surface area (TPSA) is 61.3 Å². The number of rotatable bonds is 8. The van der Waals surface area contributed by atoms with Crippen molar-refractivity contribution in [3.05, 3.63) is 11.9 Å². The van der Waals surface area contributed by atoms with Crippen molar-refractivity contribution >= 4 is 11.6 Å². The van der Waals surface area contributed by atoms with Gasteiger partial charge in [0, 0.05) is 19.2 Å². The molecule has 0 fully saturated rings. The lowest BCUT2D eigenvalue weighted by Crippen LogP contribution is -2.45. The van der Waals surface area contributed by atoms with Gasteiger partial charge in [0.05, 0.1) is 12.1 Å². The quantitative estimate of drug-likeness (QED) is 0.766. The fourth-order valence-corrected chi connectivity index (χ4v) is 1.96. The highest BCUT2D eigenvalue weighted by Gasteiger charge is 2.26. The number of aliphatic hydroxyl groups excluding tert-OH is 1. The van der Waals surface area contributed by atoms with E-state index in [1.165, 1.54) is 0 Å². The number of aromatic nitrogens is 2. The summed E-state index contributed by atoms with van der Waals surface area (Å²) in [5.41, 5.74) is 0.784. The van der Waals surface area contributed by atoms with Gasteiger partial charge in [0.15, 0.2) is 0 Å². The first kappa shape index (κ1) is 16.7. The summed E-state index contributed by atoms with van der Waals surface area (Å²) in [6, 6.07) is 0. The van der Waals surface area contributed by atoms with Gasteiger partial charge >= 0.3 is 0 Å². The summed E-state index contributed by atoms with van der Waals surface area (Å²) in [6.45, 7) is 9.28. The van der Waals surface area contributed by atoms with Gasteiger partial charge in [-0.05, 0) is 26.7 Å². The van der Waals surface area contributed by atoms with Crippen LogP contribution in [0.3, 0.4) is 0 Å². The SMILES string of the molecule is CCCNc1ncnc(N(C)C(C)(C)CO)c1CCC. The van der Waals surface area contributed by atoms with E-state index in [1.807, 2.05) is 25.8 Å². The van der Waals surface area contributed by atoms with Crippen LogP contribution < -0.4 is 10.2 Å². The molecular weight excluding hydrogens is 252 g/mol. The number of hydrogen-bond acceptors (Lipinski definition) is 5. The molecule has 0 saturated heterocycles. The maximum absolute atomic E-state index is 9.56. The van der Waals surface area contributed by atoms with E-state index in [2.05, 4.69) is 29.1 Å². The highest BCUT2D eigenvalue weighted by atomic mass is 16.3. The summed E-state index contributed by atoms with van der Waals surface area (Å²) in [4.78, 5) is 10.9. The van der Waals surface area contributed by atoms with E-state index < -0.39 is 0 Å². The van der Waals surface area contributed by atoms with Gasteiger partial charge in [0.2, 0.25) is 0 Å². The van der Waals surface area contributed by atoms with E-state index in [0.717, 1.165) is 43.0 Å². The predicted octanol–water partition coefficient (Wildman–Crippen LogP) is 2.46. The van der Waals surface area contributed by atoms with E-state index in [1.54, 1.807) is 6.33 Å². The summed E-state index contributed by atoms with van der Waals surface area (Å²) in [5, 5.41) is 12.9. The molecule has 5 heteroatoms. The van der Waals surface area contributed by atoms with Crippen LogP contribution in [0.2, 0.25) is 0 Å². The second-order valence-corrected chi connectivity index (χ2v) is 5.73. The minimum atomic E-state index is -0.348. The minimum Gasteiger partial charge on any atom is -0.394 e. The summed E-state index contributed by atoms with van der Waals surface area (Å²) < 4.78 is 0. The maximum Gasteiger partial charge on any atom is 0.137 e. The Hall–Kier alpha value is -1.36. The normalized spacial score (nSPS) is 11.5. The number of nitrogens with zero attached hydrogens (tertiary/aromatic N) is 3. The molecule has 1 rings (SSSR count). The highest BCUT2D eigenvalue weighted by Crippen LogP contribution is 2.28. The van der Waals surface area contributed by atoms with Gasteiger partial charge in [-0.3, -0.25) is 0 Å². The van der Waals surface area contributed by atoms with Gasteiger partial charge < -0.3 is 15.3 Å². The predicted molar refractivity (Wildman–Crippen MR) is 84.4 cm³/mol. The van der Waals surface area contributed by atoms with Crippen molar-refractivity contribution in [2.45, 2.75) is 52.5 Å². The molecule has 0 saturated carbocycles. The molecule has 0 aliphatic rings. The lowest BCUT2D eigenvalue weighted by Gasteiger charge is -2.36. The van der Waals surface area contributed by atoms with Crippen molar-refractivity contribution in [1.82, 2.24) is 9.97 Å². The number of nitrogens with one attached hydrogen (secondary N) is 1. The Balaban J connectivity index is 3.17. The summed E-state index contributed by atoms with van der Waals surface area (Å²) >= 11 is 0. The molecule has 0 aliphatic carbocycles. The molecule has 0 bridgehead atoms. The minimum absolute atomic E-state index is 0.0801. The molecule has 0 atom stereocenters. The van der Waals surface area contributed by atoms with Gasteiger partial charge in [-0.1, -0.05) is 20.3 Å². The molecule has 5 nitrogen and oxygen atoms in total. The first-order valence-corrected chi connectivity index (χ1v) is 7.40. The maximum atomic E-state index is 9.56. The second-order valence-electron chi connectivity index (χ2n) is 5.73. The molecule has 2 N–H and O–H groups in total. The average molecular weight is 280 g/mol. The van der Waals surface area contributed by atoms with Crippen LogP contribution in [0.4, 0.5) is 11.6 Å². The Labute approximate surface area is 122 Å². The molecule has 0 radical (unpaired) electrons. The molecule has 1 heterocycles. The standard InChI is InChI=1S/C15H28N4O/c1-6-8-12-13(16-9-7-2)17-11-18-14(12)19(5)15(3,4)10-20/h11,20H,6-10H2,1-5H3,(H,16,17,18). The van der Waals surface area contributed by atoms with Crippen LogP contribution in [-0.4, -0.2) is 40.8 Å². The van der Waals surface area contributed by atoms with Crippen LogP contribution in [0.15, 0.2) is 6.33 Å². The fraction of sp³-hybridized carbons (Fsp3) is 0.733. The number of hydrogen-bond donors (Lipinski definition) is 2. The molecular formula is C15H28N4O. The van der Waals surface area contributed by atoms with Crippen LogP contribution in [0, 0.1) is 0 Å². The Kier molecular flexibility index (Phi) is 6.20. The Morgan fingerprint density at radius 2 is 1.95 bits per heavy atom. The fourth-order valence-electron chi connectivity index (χ4n) is 1.96. The zero-order chi connectivity index (χ0) is 15.2. The molecule has 20 heavy (non-hydrogen) atoms.